The molecule has 1 aliphatic carbocycles. The summed E-state index contributed by atoms with van der Waals surface area (Å²) >= 11 is 0. The van der Waals surface area contributed by atoms with E-state index in [1.54, 1.807) is 24.3 Å². The van der Waals surface area contributed by atoms with E-state index in [2.05, 4.69) is 6.92 Å². The summed E-state index contributed by atoms with van der Waals surface area (Å²) in [5.41, 5.74) is -1.70. The number of hydrogen-bond donors (Lipinski definition) is 0. The van der Waals surface area contributed by atoms with E-state index in [4.69, 9.17) is 19.2 Å². The van der Waals surface area contributed by atoms with Crippen LogP contribution in [-0.2, 0) is 29.1 Å². The van der Waals surface area contributed by atoms with Gasteiger partial charge in [-0.1, -0.05) is 32.0 Å². The lowest BCUT2D eigenvalue weighted by Crippen LogP contribution is -2.71. The summed E-state index contributed by atoms with van der Waals surface area (Å²) in [5, 5.41) is 0. The minimum Gasteiger partial charge on any atom is -0.329 e. The second-order valence-electron chi connectivity index (χ2n) is 9.13. The molecule has 6 rings (SSSR count). The number of hydrogen-bond acceptors (Lipinski definition) is 6. The van der Waals surface area contributed by atoms with Gasteiger partial charge in [0.15, 0.2) is 17.3 Å². The van der Waals surface area contributed by atoms with Crippen LogP contribution in [0.5, 0.6) is 0 Å². The summed E-state index contributed by atoms with van der Waals surface area (Å²) in [6.07, 6.45) is 2.82. The van der Waals surface area contributed by atoms with Gasteiger partial charge in [-0.15, -0.1) is 0 Å². The summed E-state index contributed by atoms with van der Waals surface area (Å²) in [6, 6.07) is 8.54. The van der Waals surface area contributed by atoms with Crippen molar-refractivity contribution in [3.63, 3.8) is 0 Å². The van der Waals surface area contributed by atoms with Crippen molar-refractivity contribution in [2.45, 2.75) is 74.5 Å². The molecule has 8 atom stereocenters. The second kappa shape index (κ2) is 6.25. The van der Waals surface area contributed by atoms with Crippen LogP contribution in [0, 0.1) is 23.7 Å². The standard InChI is InChI=1S/C21H28O6S/c1-13-9-10-17-14(2)18(28(22,23)15-7-5-4-6-8-15)24-19-21(17)16(13)11-12-20(3,25-19)26-27-21/h4-8,13-14,16-19H,9-12H2,1-3H3/t13-,14-,16+,17+,18+,19-,20+,21-/m1/s1. The Balaban J connectivity index is 1.59. The molecule has 1 saturated carbocycles. The third kappa shape index (κ3) is 2.50. The van der Waals surface area contributed by atoms with Gasteiger partial charge in [-0.3, -0.25) is 0 Å². The average Bonchev–Trinajstić information content (AvgIpc) is 2.91. The van der Waals surface area contributed by atoms with E-state index in [0.717, 1.165) is 19.3 Å². The van der Waals surface area contributed by atoms with Crippen molar-refractivity contribution in [2.24, 2.45) is 23.7 Å². The Kier molecular flexibility index (Phi) is 4.24. The van der Waals surface area contributed by atoms with Gasteiger partial charge in [0.25, 0.3) is 0 Å². The summed E-state index contributed by atoms with van der Waals surface area (Å²) < 4.78 is 39.3. The van der Waals surface area contributed by atoms with Crippen LogP contribution in [-0.4, -0.2) is 31.5 Å². The van der Waals surface area contributed by atoms with Crippen molar-refractivity contribution >= 4 is 9.84 Å². The van der Waals surface area contributed by atoms with Crippen molar-refractivity contribution < 1.29 is 27.7 Å². The van der Waals surface area contributed by atoms with Crippen LogP contribution >= 0.6 is 0 Å². The molecule has 4 aliphatic heterocycles. The number of benzene rings is 1. The molecule has 7 heteroatoms. The summed E-state index contributed by atoms with van der Waals surface area (Å²) in [7, 11) is -3.66. The SMILES string of the molecule is C[C@H]1[C@H](S(=O)(=O)c2ccccc2)O[C@@H]2O[C@]3(C)CC[C@H]4[C@H](C)CC[C@@H]1[C@@]24OO3. The van der Waals surface area contributed by atoms with Crippen molar-refractivity contribution in [1.29, 1.82) is 0 Å². The maximum absolute atomic E-state index is 13.4. The zero-order valence-corrected chi connectivity index (χ0v) is 17.4. The van der Waals surface area contributed by atoms with Gasteiger partial charge in [0.2, 0.25) is 15.6 Å². The quantitative estimate of drug-likeness (QED) is 0.696. The first-order valence-corrected chi connectivity index (χ1v) is 11.8. The molecule has 154 valence electrons. The molecule has 28 heavy (non-hydrogen) atoms. The molecule has 0 aromatic heterocycles. The van der Waals surface area contributed by atoms with E-state index in [1.807, 2.05) is 19.9 Å². The van der Waals surface area contributed by atoms with Gasteiger partial charge in [-0.05, 0) is 50.2 Å². The van der Waals surface area contributed by atoms with Crippen molar-refractivity contribution in [3.05, 3.63) is 30.3 Å². The van der Waals surface area contributed by atoms with E-state index in [1.165, 1.54) is 0 Å². The molecule has 6 nitrogen and oxygen atoms in total. The van der Waals surface area contributed by atoms with Gasteiger partial charge in [0.1, 0.15) is 0 Å². The van der Waals surface area contributed by atoms with Gasteiger partial charge >= 0.3 is 0 Å². The highest BCUT2D eigenvalue weighted by Crippen LogP contribution is 2.61. The predicted molar refractivity (Wildman–Crippen MR) is 100 cm³/mol. The molecule has 0 N–H and O–H groups in total. The lowest BCUT2D eigenvalue weighted by atomic mass is 9.58. The van der Waals surface area contributed by atoms with Crippen molar-refractivity contribution in [2.75, 3.05) is 0 Å². The zero-order chi connectivity index (χ0) is 19.7. The number of sulfone groups is 1. The van der Waals surface area contributed by atoms with Gasteiger partial charge in [-0.25, -0.2) is 18.2 Å². The summed E-state index contributed by atoms with van der Waals surface area (Å²) in [6.45, 7) is 6.06. The zero-order valence-electron chi connectivity index (χ0n) is 16.5. The van der Waals surface area contributed by atoms with E-state index >= 15 is 0 Å². The Hall–Kier alpha value is -0.990. The Morgan fingerprint density at radius 3 is 2.50 bits per heavy atom. The molecular weight excluding hydrogens is 380 g/mol. The minimum atomic E-state index is -3.66. The van der Waals surface area contributed by atoms with Crippen molar-refractivity contribution in [1.82, 2.24) is 0 Å². The number of fused-ring (bicyclic) bond motifs is 2. The number of rotatable bonds is 2. The topological polar surface area (TPSA) is 71.1 Å². The highest BCUT2D eigenvalue weighted by molar-refractivity contribution is 7.92. The fraction of sp³-hybridized carbons (Fsp3) is 0.714. The van der Waals surface area contributed by atoms with Crippen LogP contribution in [0.15, 0.2) is 35.2 Å². The minimum absolute atomic E-state index is 0.00131. The molecule has 1 aromatic carbocycles. The predicted octanol–water partition coefficient (Wildman–Crippen LogP) is 3.67. The molecule has 4 heterocycles. The maximum Gasteiger partial charge on any atom is 0.205 e. The molecule has 5 fully saturated rings. The molecule has 1 aromatic rings. The molecule has 1 spiro atoms. The maximum atomic E-state index is 13.4. The molecule has 4 saturated heterocycles. The lowest BCUT2D eigenvalue weighted by Gasteiger charge is -2.60. The molecule has 2 bridgehead atoms. The van der Waals surface area contributed by atoms with Crippen LogP contribution in [0.25, 0.3) is 0 Å². The Bertz CT molecular complexity index is 857. The highest BCUT2D eigenvalue weighted by Gasteiger charge is 2.70. The summed E-state index contributed by atoms with van der Waals surface area (Å²) in [5.74, 6) is -0.461. The summed E-state index contributed by atoms with van der Waals surface area (Å²) in [4.78, 5) is 12.1. The fourth-order valence-corrected chi connectivity index (χ4v) is 7.78. The normalized spacial score (nSPS) is 48.0. The van der Waals surface area contributed by atoms with Gasteiger partial charge in [-0.2, -0.15) is 0 Å². The average molecular weight is 409 g/mol. The first-order valence-electron chi connectivity index (χ1n) is 10.3. The molecule has 0 amide bonds. The largest absolute Gasteiger partial charge is 0.329 e. The van der Waals surface area contributed by atoms with Crippen LogP contribution in [0.3, 0.4) is 0 Å². The van der Waals surface area contributed by atoms with E-state index < -0.39 is 33.0 Å². The van der Waals surface area contributed by atoms with Gasteiger partial charge in [0, 0.05) is 18.3 Å². The molecule has 0 radical (unpaired) electrons. The van der Waals surface area contributed by atoms with Crippen LogP contribution < -0.4 is 0 Å². The van der Waals surface area contributed by atoms with Gasteiger partial charge in [0.05, 0.1) is 4.90 Å². The molecule has 5 aliphatic rings. The van der Waals surface area contributed by atoms with Crippen molar-refractivity contribution in [3.8, 4) is 0 Å². The van der Waals surface area contributed by atoms with Gasteiger partial charge < -0.3 is 9.47 Å². The third-order valence-electron chi connectivity index (χ3n) is 7.47. The molecular formula is C21H28O6S. The highest BCUT2D eigenvalue weighted by atomic mass is 32.2. The van der Waals surface area contributed by atoms with E-state index in [9.17, 15) is 8.42 Å². The third-order valence-corrected chi connectivity index (χ3v) is 9.56. The first kappa shape index (κ1) is 19.0. The Morgan fingerprint density at radius 1 is 1.00 bits per heavy atom. The number of ether oxygens (including phenoxy) is 2. The Labute approximate surface area is 166 Å². The Morgan fingerprint density at radius 2 is 1.75 bits per heavy atom. The monoisotopic (exact) mass is 408 g/mol. The first-order chi connectivity index (χ1) is 13.3. The fourth-order valence-electron chi connectivity index (χ4n) is 5.97. The van der Waals surface area contributed by atoms with Crippen LogP contribution in [0.2, 0.25) is 0 Å². The van der Waals surface area contributed by atoms with E-state index in [0.29, 0.717) is 12.3 Å². The smallest absolute Gasteiger partial charge is 0.205 e. The van der Waals surface area contributed by atoms with Crippen LogP contribution in [0.4, 0.5) is 0 Å². The lowest BCUT2D eigenvalue weighted by molar-refractivity contribution is -0.568. The second-order valence-corrected chi connectivity index (χ2v) is 11.2. The van der Waals surface area contributed by atoms with Crippen LogP contribution in [0.1, 0.15) is 46.5 Å². The molecule has 0 unspecified atom stereocenters. The van der Waals surface area contributed by atoms with E-state index in [-0.39, 0.29) is 22.6 Å².